The highest BCUT2D eigenvalue weighted by molar-refractivity contribution is 6.28. The highest BCUT2D eigenvalue weighted by Crippen LogP contribution is 2.48. The minimum absolute atomic E-state index is 0.256. The van der Waals surface area contributed by atoms with E-state index in [1.54, 1.807) is 12.3 Å². The first-order chi connectivity index (χ1) is 7.24. The highest BCUT2D eigenvalue weighted by Gasteiger charge is 2.41. The minimum Gasteiger partial charge on any atom is -0.396 e. The summed E-state index contributed by atoms with van der Waals surface area (Å²) in [6.45, 7) is 1.10. The molecule has 1 aromatic rings. The molecule has 1 heterocycles. The van der Waals surface area contributed by atoms with Crippen LogP contribution in [0.25, 0.3) is 0 Å². The van der Waals surface area contributed by atoms with Crippen molar-refractivity contribution in [1.29, 1.82) is 0 Å². The van der Waals surface area contributed by atoms with Crippen LogP contribution >= 0.6 is 11.6 Å². The van der Waals surface area contributed by atoms with Crippen molar-refractivity contribution in [3.63, 3.8) is 0 Å². The lowest BCUT2D eigenvalue weighted by atomic mass is 10.0. The van der Waals surface area contributed by atoms with Crippen molar-refractivity contribution in [3.05, 3.63) is 17.5 Å². The van der Waals surface area contributed by atoms with Crippen molar-refractivity contribution in [1.82, 2.24) is 9.97 Å². The second-order valence-electron chi connectivity index (χ2n) is 4.04. The van der Waals surface area contributed by atoms with Crippen molar-refractivity contribution in [2.45, 2.75) is 19.3 Å². The normalized spacial score (nSPS) is 17.5. The first-order valence-corrected chi connectivity index (χ1v) is 5.45. The van der Waals surface area contributed by atoms with E-state index in [0.717, 1.165) is 18.8 Å². The number of rotatable bonds is 5. The Morgan fingerprint density at radius 3 is 2.93 bits per heavy atom. The number of hydrogen-bond donors (Lipinski definition) is 2. The summed E-state index contributed by atoms with van der Waals surface area (Å²) in [5, 5.41) is 12.4. The topological polar surface area (TPSA) is 58.0 Å². The van der Waals surface area contributed by atoms with Gasteiger partial charge in [-0.25, -0.2) is 9.97 Å². The van der Waals surface area contributed by atoms with Crippen LogP contribution in [0.3, 0.4) is 0 Å². The Bertz CT molecular complexity index is 341. The molecule has 2 rings (SSSR count). The fourth-order valence-electron chi connectivity index (χ4n) is 1.64. The molecule has 0 aliphatic heterocycles. The lowest BCUT2D eigenvalue weighted by molar-refractivity contribution is 0.253. The molecule has 15 heavy (non-hydrogen) atoms. The molecular weight excluding hydrogens is 214 g/mol. The number of aromatic nitrogens is 2. The fourth-order valence-corrected chi connectivity index (χ4v) is 1.79. The van der Waals surface area contributed by atoms with E-state index in [9.17, 15) is 0 Å². The summed E-state index contributed by atoms with van der Waals surface area (Å²) >= 11 is 5.67. The molecule has 0 amide bonds. The average molecular weight is 228 g/mol. The number of hydrogen-bond acceptors (Lipinski definition) is 4. The lowest BCUT2D eigenvalue weighted by Gasteiger charge is -2.14. The maximum Gasteiger partial charge on any atom is 0.224 e. The van der Waals surface area contributed by atoms with Crippen LogP contribution in [0.1, 0.15) is 19.3 Å². The highest BCUT2D eigenvalue weighted by atomic mass is 35.5. The summed E-state index contributed by atoms with van der Waals surface area (Å²) in [5.41, 5.74) is 0.284. The van der Waals surface area contributed by atoms with Gasteiger partial charge in [0, 0.05) is 19.3 Å². The van der Waals surface area contributed by atoms with Gasteiger partial charge in [0.15, 0.2) is 0 Å². The molecule has 1 saturated carbocycles. The van der Waals surface area contributed by atoms with E-state index in [-0.39, 0.29) is 17.3 Å². The number of aliphatic hydroxyl groups is 1. The van der Waals surface area contributed by atoms with Crippen LogP contribution in [0, 0.1) is 5.41 Å². The third-order valence-corrected chi connectivity index (χ3v) is 3.05. The lowest BCUT2D eigenvalue weighted by Crippen LogP contribution is -2.17. The van der Waals surface area contributed by atoms with E-state index < -0.39 is 0 Å². The zero-order valence-electron chi connectivity index (χ0n) is 8.41. The predicted molar refractivity (Wildman–Crippen MR) is 58.9 cm³/mol. The Morgan fingerprint density at radius 1 is 1.53 bits per heavy atom. The largest absolute Gasteiger partial charge is 0.396 e. The standard InChI is InChI=1S/C10H14ClN3O/c11-9-12-5-1-8(14-9)13-7-10(2-3-10)4-6-15/h1,5,15H,2-4,6-7H2,(H,12,13,14). The van der Waals surface area contributed by atoms with Gasteiger partial charge in [0.05, 0.1) is 0 Å². The van der Waals surface area contributed by atoms with Gasteiger partial charge in [0.1, 0.15) is 5.82 Å². The van der Waals surface area contributed by atoms with Crippen molar-refractivity contribution >= 4 is 17.4 Å². The maximum atomic E-state index is 8.91. The van der Waals surface area contributed by atoms with Gasteiger partial charge in [0.25, 0.3) is 0 Å². The van der Waals surface area contributed by atoms with Gasteiger partial charge in [-0.15, -0.1) is 0 Å². The SMILES string of the molecule is OCCC1(CNc2ccnc(Cl)n2)CC1. The van der Waals surface area contributed by atoms with Crippen LogP contribution < -0.4 is 5.32 Å². The van der Waals surface area contributed by atoms with Crippen molar-refractivity contribution in [2.75, 3.05) is 18.5 Å². The fraction of sp³-hybridized carbons (Fsp3) is 0.600. The van der Waals surface area contributed by atoms with Crippen molar-refractivity contribution < 1.29 is 5.11 Å². The molecule has 82 valence electrons. The van der Waals surface area contributed by atoms with Crippen molar-refractivity contribution in [2.24, 2.45) is 5.41 Å². The molecule has 0 aromatic carbocycles. The number of halogens is 1. The number of nitrogens with zero attached hydrogens (tertiary/aromatic N) is 2. The minimum atomic E-state index is 0.256. The van der Waals surface area contributed by atoms with Gasteiger partial charge in [-0.2, -0.15) is 0 Å². The van der Waals surface area contributed by atoms with Crippen LogP contribution in [-0.4, -0.2) is 28.2 Å². The Balaban J connectivity index is 1.88. The first-order valence-electron chi connectivity index (χ1n) is 5.07. The second-order valence-corrected chi connectivity index (χ2v) is 4.38. The third kappa shape index (κ3) is 2.79. The molecule has 0 bridgehead atoms. The average Bonchev–Trinajstić information content (AvgIpc) is 2.97. The summed E-state index contributed by atoms with van der Waals surface area (Å²) in [6, 6.07) is 1.79. The number of anilines is 1. The summed E-state index contributed by atoms with van der Waals surface area (Å²) in [6.07, 6.45) is 4.85. The summed E-state index contributed by atoms with van der Waals surface area (Å²) in [5.74, 6) is 0.749. The molecule has 0 unspecified atom stereocenters. The van der Waals surface area contributed by atoms with Crippen LogP contribution in [0.5, 0.6) is 0 Å². The summed E-state index contributed by atoms with van der Waals surface area (Å²) in [4.78, 5) is 7.86. The molecular formula is C10H14ClN3O. The molecule has 5 heteroatoms. The Kier molecular flexibility index (Phi) is 3.07. The molecule has 1 fully saturated rings. The number of nitrogens with one attached hydrogen (secondary N) is 1. The van der Waals surface area contributed by atoms with Crippen LogP contribution in [0.15, 0.2) is 12.3 Å². The summed E-state index contributed by atoms with van der Waals surface area (Å²) in [7, 11) is 0. The molecule has 0 spiro atoms. The van der Waals surface area contributed by atoms with E-state index in [1.165, 1.54) is 12.8 Å². The quantitative estimate of drug-likeness (QED) is 0.752. The van der Waals surface area contributed by atoms with E-state index in [1.807, 2.05) is 0 Å². The van der Waals surface area contributed by atoms with Gasteiger partial charge in [-0.05, 0) is 42.3 Å². The zero-order chi connectivity index (χ0) is 10.7. The van der Waals surface area contributed by atoms with Gasteiger partial charge >= 0.3 is 0 Å². The van der Waals surface area contributed by atoms with Crippen LogP contribution in [0.4, 0.5) is 5.82 Å². The smallest absolute Gasteiger partial charge is 0.224 e. The van der Waals surface area contributed by atoms with E-state index in [0.29, 0.717) is 0 Å². The molecule has 0 saturated heterocycles. The third-order valence-electron chi connectivity index (χ3n) is 2.87. The molecule has 2 N–H and O–H groups in total. The Morgan fingerprint density at radius 2 is 2.33 bits per heavy atom. The Labute approximate surface area is 93.7 Å². The Hall–Kier alpha value is -0.870. The van der Waals surface area contributed by atoms with E-state index in [2.05, 4.69) is 15.3 Å². The van der Waals surface area contributed by atoms with E-state index in [4.69, 9.17) is 16.7 Å². The maximum absolute atomic E-state index is 8.91. The monoisotopic (exact) mass is 227 g/mol. The van der Waals surface area contributed by atoms with Gasteiger partial charge in [-0.1, -0.05) is 0 Å². The molecule has 1 aromatic heterocycles. The van der Waals surface area contributed by atoms with Crippen LogP contribution in [-0.2, 0) is 0 Å². The van der Waals surface area contributed by atoms with Gasteiger partial charge < -0.3 is 10.4 Å². The van der Waals surface area contributed by atoms with E-state index >= 15 is 0 Å². The van der Waals surface area contributed by atoms with Crippen LogP contribution in [0.2, 0.25) is 5.28 Å². The second kappa shape index (κ2) is 4.33. The van der Waals surface area contributed by atoms with Gasteiger partial charge in [0.2, 0.25) is 5.28 Å². The first kappa shape index (κ1) is 10.6. The predicted octanol–water partition coefficient (Wildman–Crippen LogP) is 1.70. The van der Waals surface area contributed by atoms with Crippen molar-refractivity contribution in [3.8, 4) is 0 Å². The molecule has 0 radical (unpaired) electrons. The molecule has 1 aliphatic carbocycles. The molecule has 4 nitrogen and oxygen atoms in total. The summed E-state index contributed by atoms with van der Waals surface area (Å²) < 4.78 is 0. The number of aliphatic hydroxyl groups excluding tert-OH is 1. The molecule has 0 atom stereocenters. The molecule has 1 aliphatic rings. The zero-order valence-corrected chi connectivity index (χ0v) is 9.17. The van der Waals surface area contributed by atoms with Gasteiger partial charge in [-0.3, -0.25) is 0 Å².